The van der Waals surface area contributed by atoms with Crippen LogP contribution >= 0.6 is 0 Å². The third kappa shape index (κ3) is 4.87. The van der Waals surface area contributed by atoms with E-state index in [0.717, 1.165) is 14.0 Å². The molecule has 0 bridgehead atoms. The molecule has 0 radical (unpaired) electrons. The first-order valence-corrected chi connectivity index (χ1v) is 6.98. The maximum atomic E-state index is 12.0. The van der Waals surface area contributed by atoms with Gasteiger partial charge in [-0.05, 0) is 12.1 Å². The predicted molar refractivity (Wildman–Crippen MR) is 81.6 cm³/mol. The topological polar surface area (TPSA) is 97.4 Å². The fraction of sp³-hybridized carbons (Fsp3) is 0.438. The summed E-state index contributed by atoms with van der Waals surface area (Å²) < 4.78 is 25.1. The van der Waals surface area contributed by atoms with E-state index in [1.54, 1.807) is 12.1 Å². The number of esters is 3. The number of hydrogen-bond donors (Lipinski definition) is 0. The van der Waals surface area contributed by atoms with E-state index in [0.29, 0.717) is 17.1 Å². The van der Waals surface area contributed by atoms with Gasteiger partial charge in [0.05, 0.1) is 21.3 Å². The molecule has 0 aliphatic heterocycles. The van der Waals surface area contributed by atoms with Crippen LogP contribution in [0.3, 0.4) is 0 Å². The first kappa shape index (κ1) is 19.3. The minimum absolute atomic E-state index is 0.360. The van der Waals surface area contributed by atoms with Gasteiger partial charge in [-0.3, -0.25) is 9.59 Å². The predicted octanol–water partition coefficient (Wildman–Crippen LogP) is 1.41. The Kier molecular flexibility index (Phi) is 7.03. The maximum Gasteiger partial charge on any atom is 0.351 e. The average Bonchev–Trinajstić information content (AvgIpc) is 2.56. The van der Waals surface area contributed by atoms with Crippen molar-refractivity contribution >= 4 is 17.9 Å². The lowest BCUT2D eigenvalue weighted by Gasteiger charge is -2.25. The summed E-state index contributed by atoms with van der Waals surface area (Å²) in [6, 6.07) is 4.66. The third-order valence-electron chi connectivity index (χ3n) is 3.03. The summed E-state index contributed by atoms with van der Waals surface area (Å²) in [5.41, 5.74) is 0.375. The molecule has 0 unspecified atom stereocenters. The highest BCUT2D eigenvalue weighted by molar-refractivity contribution is 5.80. The van der Waals surface area contributed by atoms with Gasteiger partial charge in [0.15, 0.2) is 17.6 Å². The van der Waals surface area contributed by atoms with Crippen molar-refractivity contribution in [3.63, 3.8) is 0 Å². The van der Waals surface area contributed by atoms with E-state index in [9.17, 15) is 14.4 Å². The van der Waals surface area contributed by atoms with Gasteiger partial charge in [-0.25, -0.2) is 4.79 Å². The van der Waals surface area contributed by atoms with Crippen LogP contribution in [0.25, 0.3) is 0 Å². The highest BCUT2D eigenvalue weighted by Crippen LogP contribution is 2.33. The number of carbonyl (C=O) groups is 3. The first-order chi connectivity index (χ1) is 11.3. The maximum absolute atomic E-state index is 12.0. The summed E-state index contributed by atoms with van der Waals surface area (Å²) in [5, 5.41) is 0. The number of hydrogen-bond acceptors (Lipinski definition) is 8. The highest BCUT2D eigenvalue weighted by Gasteiger charge is 2.36. The van der Waals surface area contributed by atoms with Gasteiger partial charge in [0.2, 0.25) is 6.10 Å². The molecule has 0 saturated heterocycles. The molecule has 8 nitrogen and oxygen atoms in total. The minimum atomic E-state index is -1.45. The third-order valence-corrected chi connectivity index (χ3v) is 3.03. The Morgan fingerprint density at radius 1 is 0.875 bits per heavy atom. The van der Waals surface area contributed by atoms with E-state index in [2.05, 4.69) is 4.74 Å². The number of methoxy groups -OCH3 is 3. The molecule has 1 aromatic carbocycles. The summed E-state index contributed by atoms with van der Waals surface area (Å²) >= 11 is 0. The number of rotatable bonds is 7. The van der Waals surface area contributed by atoms with Crippen LogP contribution in [0.1, 0.15) is 25.5 Å². The van der Waals surface area contributed by atoms with E-state index in [1.807, 2.05) is 0 Å². The molecule has 0 aliphatic rings. The van der Waals surface area contributed by atoms with Crippen LogP contribution in [-0.2, 0) is 28.6 Å². The van der Waals surface area contributed by atoms with Crippen molar-refractivity contribution < 1.29 is 38.1 Å². The smallest absolute Gasteiger partial charge is 0.351 e. The lowest BCUT2D eigenvalue weighted by atomic mass is 10.0. The van der Waals surface area contributed by atoms with Crippen molar-refractivity contribution in [1.29, 1.82) is 0 Å². The standard InChI is InChI=1S/C16H20O8/c1-9(17)23-14(15(16(19)22-5)24-10(2)18)11-6-7-12(20-3)13(8-11)21-4/h6-8,14-15H,1-5H3/t14-,15-/m0/s1. The molecule has 8 heteroatoms. The Labute approximate surface area is 139 Å². The molecular weight excluding hydrogens is 320 g/mol. The first-order valence-electron chi connectivity index (χ1n) is 6.98. The van der Waals surface area contributed by atoms with Gasteiger partial charge < -0.3 is 23.7 Å². The van der Waals surface area contributed by atoms with Crippen LogP contribution in [0, 0.1) is 0 Å². The Morgan fingerprint density at radius 3 is 1.92 bits per heavy atom. The molecule has 0 spiro atoms. The van der Waals surface area contributed by atoms with Gasteiger partial charge in [-0.1, -0.05) is 6.07 Å². The van der Waals surface area contributed by atoms with Crippen molar-refractivity contribution in [2.24, 2.45) is 0 Å². The second-order valence-corrected chi connectivity index (χ2v) is 4.70. The molecule has 24 heavy (non-hydrogen) atoms. The molecule has 0 heterocycles. The lowest BCUT2D eigenvalue weighted by Crippen LogP contribution is -2.36. The van der Waals surface area contributed by atoms with Gasteiger partial charge in [0.1, 0.15) is 0 Å². The van der Waals surface area contributed by atoms with Crippen molar-refractivity contribution in [2.45, 2.75) is 26.1 Å². The summed E-state index contributed by atoms with van der Waals surface area (Å²) in [6.07, 6.45) is -2.65. The van der Waals surface area contributed by atoms with Crippen LogP contribution in [-0.4, -0.2) is 45.3 Å². The lowest BCUT2D eigenvalue weighted by molar-refractivity contribution is -0.180. The van der Waals surface area contributed by atoms with Gasteiger partial charge >= 0.3 is 17.9 Å². The zero-order valence-corrected chi connectivity index (χ0v) is 14.2. The molecule has 1 rings (SSSR count). The number of ether oxygens (including phenoxy) is 5. The fourth-order valence-electron chi connectivity index (χ4n) is 2.04. The Hall–Kier alpha value is -2.77. The van der Waals surface area contributed by atoms with Crippen molar-refractivity contribution in [3.8, 4) is 11.5 Å². The van der Waals surface area contributed by atoms with E-state index >= 15 is 0 Å². The SMILES string of the molecule is COC(=O)[C@@H](OC(C)=O)[C@@H](OC(C)=O)c1ccc(OC)c(OC)c1. The van der Waals surface area contributed by atoms with Gasteiger partial charge in [-0.15, -0.1) is 0 Å². The quantitative estimate of drug-likeness (QED) is 0.543. The van der Waals surface area contributed by atoms with Crippen LogP contribution in [0.15, 0.2) is 18.2 Å². The second-order valence-electron chi connectivity index (χ2n) is 4.70. The normalized spacial score (nSPS) is 12.5. The number of carbonyl (C=O) groups excluding carboxylic acids is 3. The van der Waals surface area contributed by atoms with E-state index < -0.39 is 30.1 Å². The van der Waals surface area contributed by atoms with Gasteiger partial charge in [0.25, 0.3) is 0 Å². The molecule has 0 N–H and O–H groups in total. The molecule has 1 aromatic rings. The van der Waals surface area contributed by atoms with Crippen LogP contribution < -0.4 is 9.47 Å². The van der Waals surface area contributed by atoms with Crippen molar-refractivity contribution in [2.75, 3.05) is 21.3 Å². The van der Waals surface area contributed by atoms with Gasteiger partial charge in [-0.2, -0.15) is 0 Å². The Balaban J connectivity index is 3.35. The monoisotopic (exact) mass is 340 g/mol. The van der Waals surface area contributed by atoms with E-state index in [-0.39, 0.29) is 0 Å². The van der Waals surface area contributed by atoms with Gasteiger partial charge in [0, 0.05) is 19.4 Å². The molecule has 0 aromatic heterocycles. The average molecular weight is 340 g/mol. The van der Waals surface area contributed by atoms with E-state index in [1.165, 1.54) is 27.2 Å². The zero-order valence-electron chi connectivity index (χ0n) is 14.2. The van der Waals surface area contributed by atoms with E-state index in [4.69, 9.17) is 18.9 Å². The largest absolute Gasteiger partial charge is 0.493 e. The molecule has 0 saturated carbocycles. The molecule has 132 valence electrons. The summed E-state index contributed by atoms with van der Waals surface area (Å²) in [6.45, 7) is 2.31. The highest BCUT2D eigenvalue weighted by atomic mass is 16.6. The van der Waals surface area contributed by atoms with Crippen molar-refractivity contribution in [1.82, 2.24) is 0 Å². The molecular formula is C16H20O8. The van der Waals surface area contributed by atoms with Crippen LogP contribution in [0.4, 0.5) is 0 Å². The Morgan fingerprint density at radius 2 is 1.46 bits per heavy atom. The van der Waals surface area contributed by atoms with Crippen molar-refractivity contribution in [3.05, 3.63) is 23.8 Å². The fourth-order valence-corrected chi connectivity index (χ4v) is 2.04. The molecule has 0 fully saturated rings. The Bertz CT molecular complexity index is 610. The summed E-state index contributed by atoms with van der Waals surface area (Å²) in [5.74, 6) is -1.42. The zero-order chi connectivity index (χ0) is 18.3. The second kappa shape index (κ2) is 8.76. The molecule has 2 atom stereocenters. The molecule has 0 aliphatic carbocycles. The summed E-state index contributed by atoms with van der Waals surface area (Å²) in [7, 11) is 4.04. The number of benzene rings is 1. The van der Waals surface area contributed by atoms with Crippen LogP contribution in [0.2, 0.25) is 0 Å². The van der Waals surface area contributed by atoms with Crippen LogP contribution in [0.5, 0.6) is 11.5 Å². The minimum Gasteiger partial charge on any atom is -0.493 e. The summed E-state index contributed by atoms with van der Waals surface area (Å²) in [4.78, 5) is 34.7. The molecule has 0 amide bonds.